The molecule has 4 nitrogen and oxygen atoms in total. The summed E-state index contributed by atoms with van der Waals surface area (Å²) in [5.74, 6) is 1.22. The molecule has 1 aromatic rings. The van der Waals surface area contributed by atoms with Crippen LogP contribution in [-0.2, 0) is 0 Å². The molecule has 1 atom stereocenters. The van der Waals surface area contributed by atoms with Gasteiger partial charge in [-0.3, -0.25) is 4.90 Å². The quantitative estimate of drug-likeness (QED) is 0.877. The van der Waals surface area contributed by atoms with Crippen molar-refractivity contribution in [3.8, 4) is 11.5 Å². The van der Waals surface area contributed by atoms with Crippen LogP contribution in [0.25, 0.3) is 0 Å². The molecule has 1 aliphatic carbocycles. The summed E-state index contributed by atoms with van der Waals surface area (Å²) in [6, 6.07) is 4.58. The predicted molar refractivity (Wildman–Crippen MR) is 81.8 cm³/mol. The van der Waals surface area contributed by atoms with E-state index in [1.165, 1.54) is 19.3 Å². The van der Waals surface area contributed by atoms with Gasteiger partial charge >= 0.3 is 0 Å². The molecule has 0 saturated heterocycles. The van der Waals surface area contributed by atoms with Gasteiger partial charge in [0.15, 0.2) is 11.5 Å². The standard InChI is InChI=1S/C15H23ClN2O2/c1-18(10-5-4-6-10)12(9-17)11-7-8-13(19-2)15(20-3)14(11)16/h7-8,10,12H,4-6,9,17H2,1-3H3. The van der Waals surface area contributed by atoms with Crippen molar-refractivity contribution in [3.63, 3.8) is 0 Å². The number of rotatable bonds is 6. The van der Waals surface area contributed by atoms with E-state index in [1.54, 1.807) is 14.2 Å². The zero-order valence-corrected chi connectivity index (χ0v) is 13.1. The first-order valence-electron chi connectivity index (χ1n) is 6.96. The second-order valence-corrected chi connectivity index (χ2v) is 5.58. The molecule has 5 heteroatoms. The Morgan fingerprint density at radius 3 is 2.50 bits per heavy atom. The zero-order chi connectivity index (χ0) is 14.7. The van der Waals surface area contributed by atoms with E-state index in [1.807, 2.05) is 12.1 Å². The SMILES string of the molecule is COc1ccc(C(CN)N(C)C2CCC2)c(Cl)c1OC. The van der Waals surface area contributed by atoms with E-state index in [4.69, 9.17) is 26.8 Å². The van der Waals surface area contributed by atoms with Gasteiger partial charge in [0.2, 0.25) is 0 Å². The average Bonchev–Trinajstić information content (AvgIpc) is 2.39. The summed E-state index contributed by atoms with van der Waals surface area (Å²) in [6.45, 7) is 0.530. The lowest BCUT2D eigenvalue weighted by atomic mass is 9.89. The van der Waals surface area contributed by atoms with Crippen molar-refractivity contribution >= 4 is 11.6 Å². The number of benzene rings is 1. The van der Waals surface area contributed by atoms with E-state index in [9.17, 15) is 0 Å². The molecule has 0 aromatic heterocycles. The van der Waals surface area contributed by atoms with Crippen LogP contribution in [0.15, 0.2) is 12.1 Å². The highest BCUT2D eigenvalue weighted by Crippen LogP contribution is 2.41. The van der Waals surface area contributed by atoms with Crippen molar-refractivity contribution in [1.29, 1.82) is 0 Å². The first-order chi connectivity index (χ1) is 9.63. The molecule has 112 valence electrons. The topological polar surface area (TPSA) is 47.7 Å². The van der Waals surface area contributed by atoms with Crippen molar-refractivity contribution in [2.75, 3.05) is 27.8 Å². The molecule has 1 unspecified atom stereocenters. The van der Waals surface area contributed by atoms with Gasteiger partial charge in [-0.1, -0.05) is 24.1 Å². The molecule has 20 heavy (non-hydrogen) atoms. The van der Waals surface area contributed by atoms with Gasteiger partial charge < -0.3 is 15.2 Å². The molecule has 0 heterocycles. The molecule has 1 fully saturated rings. The number of likely N-dealkylation sites (N-methyl/N-ethyl adjacent to an activating group) is 1. The van der Waals surface area contributed by atoms with Crippen molar-refractivity contribution in [3.05, 3.63) is 22.7 Å². The molecular weight excluding hydrogens is 276 g/mol. The van der Waals surface area contributed by atoms with E-state index in [0.717, 1.165) is 5.56 Å². The number of hydrogen-bond donors (Lipinski definition) is 1. The van der Waals surface area contributed by atoms with Crippen molar-refractivity contribution in [1.82, 2.24) is 4.90 Å². The summed E-state index contributed by atoms with van der Waals surface area (Å²) in [7, 11) is 5.32. The maximum Gasteiger partial charge on any atom is 0.179 e. The van der Waals surface area contributed by atoms with Gasteiger partial charge in [0.25, 0.3) is 0 Å². The molecule has 0 spiro atoms. The van der Waals surface area contributed by atoms with Crippen molar-refractivity contribution in [2.45, 2.75) is 31.3 Å². The Bertz CT molecular complexity index is 463. The Hall–Kier alpha value is -0.970. The molecular formula is C15H23ClN2O2. The van der Waals surface area contributed by atoms with Gasteiger partial charge in [-0.15, -0.1) is 0 Å². The minimum atomic E-state index is 0.104. The molecule has 0 bridgehead atoms. The van der Waals surface area contributed by atoms with Crippen LogP contribution in [0.1, 0.15) is 30.9 Å². The lowest BCUT2D eigenvalue weighted by Crippen LogP contribution is -2.42. The summed E-state index contributed by atoms with van der Waals surface area (Å²) in [5.41, 5.74) is 6.98. The largest absolute Gasteiger partial charge is 0.493 e. The Labute approximate surface area is 125 Å². The highest BCUT2D eigenvalue weighted by atomic mass is 35.5. The van der Waals surface area contributed by atoms with Gasteiger partial charge in [0.1, 0.15) is 0 Å². The van der Waals surface area contributed by atoms with Gasteiger partial charge in [-0.05, 0) is 31.5 Å². The fourth-order valence-corrected chi connectivity index (χ4v) is 3.08. The maximum absolute atomic E-state index is 6.49. The van der Waals surface area contributed by atoms with E-state index in [2.05, 4.69) is 11.9 Å². The lowest BCUT2D eigenvalue weighted by Gasteiger charge is -2.40. The minimum absolute atomic E-state index is 0.104. The van der Waals surface area contributed by atoms with Crippen molar-refractivity contribution < 1.29 is 9.47 Å². The van der Waals surface area contributed by atoms with Crippen LogP contribution in [-0.4, -0.2) is 38.8 Å². The normalized spacial score (nSPS) is 16.9. The van der Waals surface area contributed by atoms with E-state index >= 15 is 0 Å². The molecule has 2 rings (SSSR count). The lowest BCUT2D eigenvalue weighted by molar-refractivity contribution is 0.113. The van der Waals surface area contributed by atoms with Crippen LogP contribution >= 0.6 is 11.6 Å². The number of methoxy groups -OCH3 is 2. The summed E-state index contributed by atoms with van der Waals surface area (Å²) in [5, 5.41) is 0.591. The molecule has 1 aromatic carbocycles. The molecule has 0 amide bonds. The minimum Gasteiger partial charge on any atom is -0.493 e. The molecule has 1 saturated carbocycles. The number of hydrogen-bond acceptors (Lipinski definition) is 4. The summed E-state index contributed by atoms with van der Waals surface area (Å²) >= 11 is 6.49. The highest BCUT2D eigenvalue weighted by molar-refractivity contribution is 6.33. The zero-order valence-electron chi connectivity index (χ0n) is 12.4. The van der Waals surface area contributed by atoms with Crippen LogP contribution in [0.4, 0.5) is 0 Å². The van der Waals surface area contributed by atoms with Crippen LogP contribution < -0.4 is 15.2 Å². The molecule has 2 N–H and O–H groups in total. The first kappa shape index (κ1) is 15.4. The third-order valence-corrected chi connectivity index (χ3v) is 4.63. The number of nitrogens with zero attached hydrogens (tertiary/aromatic N) is 1. The van der Waals surface area contributed by atoms with Crippen molar-refractivity contribution in [2.24, 2.45) is 5.73 Å². The number of nitrogens with two attached hydrogens (primary N) is 1. The summed E-state index contributed by atoms with van der Waals surface area (Å²) < 4.78 is 10.6. The van der Waals surface area contributed by atoms with Gasteiger partial charge in [-0.25, -0.2) is 0 Å². The number of ether oxygens (including phenoxy) is 2. The van der Waals surface area contributed by atoms with E-state index < -0.39 is 0 Å². The van der Waals surface area contributed by atoms with Gasteiger partial charge in [0, 0.05) is 18.6 Å². The third-order valence-electron chi connectivity index (χ3n) is 4.24. The molecule has 0 radical (unpaired) electrons. The van der Waals surface area contributed by atoms with E-state index in [-0.39, 0.29) is 6.04 Å². The molecule has 1 aliphatic rings. The Balaban J connectivity index is 2.34. The predicted octanol–water partition coefficient (Wildman–Crippen LogP) is 2.84. The second-order valence-electron chi connectivity index (χ2n) is 5.21. The average molecular weight is 299 g/mol. The van der Waals surface area contributed by atoms with Crippen LogP contribution in [0.2, 0.25) is 5.02 Å². The monoisotopic (exact) mass is 298 g/mol. The second kappa shape index (κ2) is 6.66. The van der Waals surface area contributed by atoms with Crippen LogP contribution in [0, 0.1) is 0 Å². The molecule has 0 aliphatic heterocycles. The highest BCUT2D eigenvalue weighted by Gasteiger charge is 2.30. The fourth-order valence-electron chi connectivity index (χ4n) is 2.72. The third kappa shape index (κ3) is 2.73. The summed E-state index contributed by atoms with van der Waals surface area (Å²) in [4.78, 5) is 2.33. The van der Waals surface area contributed by atoms with Crippen LogP contribution in [0.3, 0.4) is 0 Å². The Morgan fingerprint density at radius 1 is 1.35 bits per heavy atom. The Kier molecular flexibility index (Phi) is 5.13. The summed E-state index contributed by atoms with van der Waals surface area (Å²) in [6.07, 6.45) is 3.77. The van der Waals surface area contributed by atoms with Gasteiger partial charge in [0.05, 0.1) is 19.2 Å². The fraction of sp³-hybridized carbons (Fsp3) is 0.600. The smallest absolute Gasteiger partial charge is 0.179 e. The first-order valence-corrected chi connectivity index (χ1v) is 7.34. The number of halogens is 1. The van der Waals surface area contributed by atoms with Gasteiger partial charge in [-0.2, -0.15) is 0 Å². The maximum atomic E-state index is 6.49. The Morgan fingerprint density at radius 2 is 2.05 bits per heavy atom. The van der Waals surface area contributed by atoms with E-state index in [0.29, 0.717) is 29.1 Å². The van der Waals surface area contributed by atoms with Crippen LogP contribution in [0.5, 0.6) is 11.5 Å².